The maximum atomic E-state index is 12.7. The monoisotopic (exact) mass is 296 g/mol. The van der Waals surface area contributed by atoms with Gasteiger partial charge in [-0.15, -0.1) is 11.6 Å². The minimum atomic E-state index is -3.41. The summed E-state index contributed by atoms with van der Waals surface area (Å²) in [4.78, 5) is 0. The van der Waals surface area contributed by atoms with Crippen molar-refractivity contribution in [3.05, 3.63) is 0 Å². The third-order valence-electron chi connectivity index (χ3n) is 4.11. The first-order valence-corrected chi connectivity index (χ1v) is 8.52. The molecule has 1 fully saturated rings. The molecular weight excluding hydrogens is 272 g/mol. The summed E-state index contributed by atoms with van der Waals surface area (Å²) >= 11 is 5.91. The van der Waals surface area contributed by atoms with Gasteiger partial charge in [-0.2, -0.15) is 17.0 Å². The van der Waals surface area contributed by atoms with Crippen LogP contribution in [0.25, 0.3) is 0 Å². The van der Waals surface area contributed by atoms with Gasteiger partial charge in [0.1, 0.15) is 0 Å². The van der Waals surface area contributed by atoms with Crippen molar-refractivity contribution in [3.63, 3.8) is 0 Å². The van der Waals surface area contributed by atoms with E-state index in [-0.39, 0.29) is 11.6 Å². The summed E-state index contributed by atoms with van der Waals surface area (Å²) in [5.74, 6) is 0.375. The van der Waals surface area contributed by atoms with Crippen LogP contribution in [-0.2, 0) is 10.2 Å². The van der Waals surface area contributed by atoms with Crippen LogP contribution in [0, 0.1) is 0 Å². The molecule has 0 radical (unpaired) electrons. The van der Waals surface area contributed by atoms with E-state index < -0.39 is 10.2 Å². The second kappa shape index (κ2) is 6.07. The van der Waals surface area contributed by atoms with E-state index in [1.165, 1.54) is 4.31 Å². The zero-order valence-electron chi connectivity index (χ0n) is 11.8. The van der Waals surface area contributed by atoms with Crippen molar-refractivity contribution >= 4 is 21.8 Å². The molecule has 1 atom stereocenters. The van der Waals surface area contributed by atoms with Gasteiger partial charge in [0.05, 0.1) is 0 Å². The molecule has 108 valence electrons. The Morgan fingerprint density at radius 1 is 1.39 bits per heavy atom. The first kappa shape index (κ1) is 16.2. The van der Waals surface area contributed by atoms with Crippen molar-refractivity contribution in [1.82, 2.24) is 8.61 Å². The van der Waals surface area contributed by atoms with Gasteiger partial charge in [-0.25, -0.2) is 0 Å². The Balaban J connectivity index is 2.97. The van der Waals surface area contributed by atoms with Crippen LogP contribution in [-0.4, -0.2) is 48.1 Å². The summed E-state index contributed by atoms with van der Waals surface area (Å²) in [6, 6.07) is -0.0551. The second-order valence-corrected chi connectivity index (χ2v) is 7.78. The average molecular weight is 297 g/mol. The molecule has 1 heterocycles. The molecule has 0 aliphatic carbocycles. The number of nitrogens with zero attached hydrogens (tertiary/aromatic N) is 2. The van der Waals surface area contributed by atoms with Gasteiger partial charge in [0.15, 0.2) is 0 Å². The lowest BCUT2D eigenvalue weighted by Gasteiger charge is -2.41. The Morgan fingerprint density at radius 3 is 2.50 bits per heavy atom. The van der Waals surface area contributed by atoms with Gasteiger partial charge in [-0.1, -0.05) is 13.3 Å². The molecule has 0 aromatic carbocycles. The Morgan fingerprint density at radius 2 is 2.00 bits per heavy atom. The van der Waals surface area contributed by atoms with Gasteiger partial charge in [-0.3, -0.25) is 0 Å². The van der Waals surface area contributed by atoms with Crippen molar-refractivity contribution in [2.24, 2.45) is 0 Å². The van der Waals surface area contributed by atoms with Gasteiger partial charge in [0.25, 0.3) is 10.2 Å². The first-order valence-electron chi connectivity index (χ1n) is 6.59. The van der Waals surface area contributed by atoms with Crippen LogP contribution in [0.4, 0.5) is 0 Å². The summed E-state index contributed by atoms with van der Waals surface area (Å²) in [5.41, 5.74) is -0.368. The number of hydrogen-bond donors (Lipinski definition) is 0. The minimum absolute atomic E-state index is 0.0551. The quantitative estimate of drug-likeness (QED) is 0.731. The Hall–Kier alpha value is 0.160. The van der Waals surface area contributed by atoms with Gasteiger partial charge in [0.2, 0.25) is 0 Å². The highest BCUT2D eigenvalue weighted by Gasteiger charge is 2.39. The van der Waals surface area contributed by atoms with E-state index in [1.807, 2.05) is 20.8 Å². The summed E-state index contributed by atoms with van der Waals surface area (Å²) in [6.07, 6.45) is 3.63. The van der Waals surface area contributed by atoms with Gasteiger partial charge in [0, 0.05) is 31.1 Å². The molecule has 1 unspecified atom stereocenters. The summed E-state index contributed by atoms with van der Waals surface area (Å²) in [7, 11) is -1.75. The SMILES string of the molecule is CCC(C)(C)N(C)S(=O)(=O)N1CCCCC1CCl. The van der Waals surface area contributed by atoms with Crippen LogP contribution in [0.15, 0.2) is 0 Å². The predicted molar refractivity (Wildman–Crippen MR) is 76.1 cm³/mol. The van der Waals surface area contributed by atoms with E-state index >= 15 is 0 Å². The molecule has 0 aromatic heterocycles. The number of halogens is 1. The van der Waals surface area contributed by atoms with E-state index in [9.17, 15) is 8.42 Å². The number of hydrogen-bond acceptors (Lipinski definition) is 2. The molecule has 0 N–H and O–H groups in total. The lowest BCUT2D eigenvalue weighted by molar-refractivity contribution is 0.205. The normalized spacial score (nSPS) is 23.6. The number of alkyl halides is 1. The lowest BCUT2D eigenvalue weighted by Crippen LogP contribution is -2.55. The van der Waals surface area contributed by atoms with E-state index in [2.05, 4.69) is 0 Å². The molecule has 18 heavy (non-hydrogen) atoms. The van der Waals surface area contributed by atoms with Crippen molar-refractivity contribution in [1.29, 1.82) is 0 Å². The number of rotatable bonds is 5. The highest BCUT2D eigenvalue weighted by atomic mass is 35.5. The van der Waals surface area contributed by atoms with Gasteiger partial charge < -0.3 is 0 Å². The van der Waals surface area contributed by atoms with E-state index in [0.717, 1.165) is 25.7 Å². The largest absolute Gasteiger partial charge is 0.282 e. The molecule has 1 aliphatic heterocycles. The maximum Gasteiger partial charge on any atom is 0.282 e. The molecular formula is C12H25ClN2O2S. The molecule has 0 aromatic rings. The number of piperidine rings is 1. The van der Waals surface area contributed by atoms with Gasteiger partial charge >= 0.3 is 0 Å². The van der Waals surface area contributed by atoms with Crippen LogP contribution in [0.3, 0.4) is 0 Å². The van der Waals surface area contributed by atoms with Gasteiger partial charge in [-0.05, 0) is 33.1 Å². The van der Waals surface area contributed by atoms with Crippen LogP contribution >= 0.6 is 11.6 Å². The van der Waals surface area contributed by atoms with Crippen LogP contribution in [0.2, 0.25) is 0 Å². The van der Waals surface area contributed by atoms with E-state index in [0.29, 0.717) is 12.4 Å². The predicted octanol–water partition coefficient (Wildman–Crippen LogP) is 2.44. The van der Waals surface area contributed by atoms with E-state index in [1.54, 1.807) is 11.4 Å². The summed E-state index contributed by atoms with van der Waals surface area (Å²) < 4.78 is 28.4. The molecule has 6 heteroatoms. The Labute approximate surface area is 116 Å². The zero-order valence-corrected chi connectivity index (χ0v) is 13.4. The van der Waals surface area contributed by atoms with Crippen LogP contribution in [0.5, 0.6) is 0 Å². The minimum Gasteiger partial charge on any atom is -0.195 e. The molecule has 4 nitrogen and oxygen atoms in total. The maximum absolute atomic E-state index is 12.7. The standard InChI is InChI=1S/C12H25ClN2O2S/c1-5-12(2,3)14(4)18(16,17)15-9-7-6-8-11(15)10-13/h11H,5-10H2,1-4H3. The fraction of sp³-hybridized carbons (Fsp3) is 1.00. The second-order valence-electron chi connectivity index (χ2n) is 5.56. The third kappa shape index (κ3) is 3.18. The van der Waals surface area contributed by atoms with Crippen molar-refractivity contribution in [2.75, 3.05) is 19.5 Å². The molecule has 1 rings (SSSR count). The van der Waals surface area contributed by atoms with Crippen LogP contribution in [0.1, 0.15) is 46.5 Å². The molecule has 0 spiro atoms. The highest BCUT2D eigenvalue weighted by Crippen LogP contribution is 2.27. The summed E-state index contributed by atoms with van der Waals surface area (Å²) in [5, 5.41) is 0. The van der Waals surface area contributed by atoms with Crippen LogP contribution < -0.4 is 0 Å². The first-order chi connectivity index (χ1) is 8.27. The fourth-order valence-electron chi connectivity index (χ4n) is 2.12. The molecule has 1 aliphatic rings. The Bertz CT molecular complexity index is 370. The van der Waals surface area contributed by atoms with E-state index in [4.69, 9.17) is 11.6 Å². The molecule has 0 bridgehead atoms. The van der Waals surface area contributed by atoms with Crippen molar-refractivity contribution in [3.8, 4) is 0 Å². The van der Waals surface area contributed by atoms with Crippen molar-refractivity contribution < 1.29 is 8.42 Å². The molecule has 0 saturated carbocycles. The Kier molecular flexibility index (Phi) is 5.47. The average Bonchev–Trinajstić information content (AvgIpc) is 2.37. The molecule has 1 saturated heterocycles. The summed E-state index contributed by atoms with van der Waals surface area (Å²) in [6.45, 7) is 6.49. The molecule has 0 amide bonds. The zero-order chi connectivity index (χ0) is 14.0. The smallest absolute Gasteiger partial charge is 0.195 e. The topological polar surface area (TPSA) is 40.6 Å². The fourth-order valence-corrected chi connectivity index (χ4v) is 4.51. The third-order valence-corrected chi connectivity index (χ3v) is 6.73. The van der Waals surface area contributed by atoms with Crippen molar-refractivity contribution in [2.45, 2.75) is 58.0 Å². The lowest BCUT2D eigenvalue weighted by atomic mass is 10.0. The highest BCUT2D eigenvalue weighted by molar-refractivity contribution is 7.86.